The lowest BCUT2D eigenvalue weighted by molar-refractivity contribution is -0.117. The van der Waals surface area contributed by atoms with E-state index in [4.69, 9.17) is 4.42 Å². The van der Waals surface area contributed by atoms with Gasteiger partial charge in [-0.2, -0.15) is 0 Å². The van der Waals surface area contributed by atoms with Crippen molar-refractivity contribution in [2.75, 3.05) is 12.3 Å². The van der Waals surface area contributed by atoms with Crippen molar-refractivity contribution in [2.24, 2.45) is 4.40 Å². The lowest BCUT2D eigenvalue weighted by atomic mass is 10.1. The highest BCUT2D eigenvalue weighted by atomic mass is 32.2. The zero-order chi connectivity index (χ0) is 16.4. The molecule has 0 aliphatic carbocycles. The number of nitrogens with one attached hydrogen (secondary N) is 1. The van der Waals surface area contributed by atoms with Gasteiger partial charge >= 0.3 is 0 Å². The van der Waals surface area contributed by atoms with Crippen LogP contribution in [-0.2, 0) is 21.2 Å². The molecule has 3 heterocycles. The molecule has 0 saturated carbocycles. The summed E-state index contributed by atoms with van der Waals surface area (Å²) in [6.07, 6.45) is 6.95. The minimum absolute atomic E-state index is 0.0510. The monoisotopic (exact) mass is 335 g/mol. The molecule has 1 amide bonds. The summed E-state index contributed by atoms with van der Waals surface area (Å²) in [6, 6.07) is 3.58. The lowest BCUT2D eigenvalue weighted by Gasteiger charge is -2.27. The quantitative estimate of drug-likeness (QED) is 0.880. The summed E-state index contributed by atoms with van der Waals surface area (Å²) >= 11 is 0. The van der Waals surface area contributed by atoms with Gasteiger partial charge in [0.2, 0.25) is 0 Å². The van der Waals surface area contributed by atoms with Gasteiger partial charge in [0.05, 0.1) is 17.6 Å². The van der Waals surface area contributed by atoms with Gasteiger partial charge in [0, 0.05) is 25.2 Å². The molecule has 1 aromatic rings. The van der Waals surface area contributed by atoms with E-state index in [9.17, 15) is 13.2 Å². The largest absolute Gasteiger partial charge is 0.469 e. The normalized spacial score (nSPS) is 20.3. The SMILES string of the molecule is C[C@H](Cc1ccco1)NC(=O)C1=CN2CCS(=O)(=O)N=C2C=C1. The third-order valence-electron chi connectivity index (χ3n) is 3.55. The summed E-state index contributed by atoms with van der Waals surface area (Å²) in [5, 5.41) is 2.90. The number of hydrogen-bond acceptors (Lipinski definition) is 5. The Bertz CT molecular complexity index is 791. The van der Waals surface area contributed by atoms with E-state index in [1.165, 1.54) is 0 Å². The molecule has 122 valence electrons. The molecular weight excluding hydrogens is 318 g/mol. The summed E-state index contributed by atoms with van der Waals surface area (Å²) in [5.74, 6) is 0.885. The molecule has 0 fully saturated rings. The maximum Gasteiger partial charge on any atom is 0.256 e. The topological polar surface area (TPSA) is 92.0 Å². The van der Waals surface area contributed by atoms with Crippen LogP contribution in [0.1, 0.15) is 12.7 Å². The van der Waals surface area contributed by atoms with Gasteiger partial charge < -0.3 is 14.6 Å². The molecule has 0 bridgehead atoms. The van der Waals surface area contributed by atoms with Crippen LogP contribution in [0.4, 0.5) is 0 Å². The zero-order valence-electron chi connectivity index (χ0n) is 12.6. The third-order valence-corrected chi connectivity index (χ3v) is 4.71. The first-order valence-corrected chi connectivity index (χ1v) is 8.86. The molecule has 2 aliphatic heterocycles. The fourth-order valence-electron chi connectivity index (χ4n) is 2.42. The van der Waals surface area contributed by atoms with Crippen LogP contribution in [0.15, 0.2) is 51.1 Å². The van der Waals surface area contributed by atoms with E-state index in [-0.39, 0.29) is 17.7 Å². The molecule has 2 aliphatic rings. The molecule has 0 aromatic carbocycles. The van der Waals surface area contributed by atoms with Crippen molar-refractivity contribution >= 4 is 21.8 Å². The first-order chi connectivity index (χ1) is 10.9. The van der Waals surface area contributed by atoms with E-state index in [2.05, 4.69) is 9.71 Å². The summed E-state index contributed by atoms with van der Waals surface area (Å²) in [4.78, 5) is 14.0. The van der Waals surface area contributed by atoms with Crippen molar-refractivity contribution in [2.45, 2.75) is 19.4 Å². The Morgan fingerprint density at radius 1 is 1.48 bits per heavy atom. The van der Waals surface area contributed by atoms with E-state index < -0.39 is 10.0 Å². The average Bonchev–Trinajstić information content (AvgIpc) is 2.98. The Kier molecular flexibility index (Phi) is 4.08. The molecule has 1 atom stereocenters. The Morgan fingerprint density at radius 3 is 3.04 bits per heavy atom. The van der Waals surface area contributed by atoms with Crippen LogP contribution in [0.5, 0.6) is 0 Å². The molecule has 0 radical (unpaired) electrons. The van der Waals surface area contributed by atoms with Gasteiger partial charge in [0.15, 0.2) is 0 Å². The summed E-state index contributed by atoms with van der Waals surface area (Å²) in [7, 11) is -3.38. The molecule has 7 nitrogen and oxygen atoms in total. The lowest BCUT2D eigenvalue weighted by Crippen LogP contribution is -2.39. The second-order valence-corrected chi connectivity index (χ2v) is 7.26. The summed E-state index contributed by atoms with van der Waals surface area (Å²) in [5.41, 5.74) is 0.467. The number of hydrogen-bond donors (Lipinski definition) is 1. The summed E-state index contributed by atoms with van der Waals surface area (Å²) in [6.45, 7) is 2.19. The van der Waals surface area contributed by atoms with Gasteiger partial charge in [-0.1, -0.05) is 0 Å². The molecule has 3 rings (SSSR count). The van der Waals surface area contributed by atoms with Gasteiger partial charge in [-0.25, -0.2) is 8.42 Å². The van der Waals surface area contributed by atoms with Gasteiger partial charge in [0.1, 0.15) is 11.6 Å². The van der Waals surface area contributed by atoms with Crippen molar-refractivity contribution in [3.8, 4) is 0 Å². The molecule has 23 heavy (non-hydrogen) atoms. The second kappa shape index (κ2) is 6.04. The maximum absolute atomic E-state index is 12.3. The predicted octanol–water partition coefficient (Wildman–Crippen LogP) is 0.824. The smallest absolute Gasteiger partial charge is 0.256 e. The van der Waals surface area contributed by atoms with Crippen molar-refractivity contribution < 1.29 is 17.6 Å². The highest BCUT2D eigenvalue weighted by Crippen LogP contribution is 2.16. The first kappa shape index (κ1) is 15.5. The number of fused-ring (bicyclic) bond motifs is 1. The van der Waals surface area contributed by atoms with Crippen LogP contribution in [0.25, 0.3) is 0 Å². The Labute approximate surface area is 134 Å². The third kappa shape index (κ3) is 3.70. The van der Waals surface area contributed by atoms with Crippen LogP contribution >= 0.6 is 0 Å². The molecule has 8 heteroatoms. The van der Waals surface area contributed by atoms with Gasteiger partial charge in [-0.15, -0.1) is 4.40 Å². The van der Waals surface area contributed by atoms with Crippen molar-refractivity contribution in [3.63, 3.8) is 0 Å². The predicted molar refractivity (Wildman–Crippen MR) is 85.2 cm³/mol. The van der Waals surface area contributed by atoms with Crippen molar-refractivity contribution in [3.05, 3.63) is 48.1 Å². The van der Waals surface area contributed by atoms with Crippen molar-refractivity contribution in [1.29, 1.82) is 0 Å². The average molecular weight is 335 g/mol. The second-order valence-electron chi connectivity index (χ2n) is 5.50. The Balaban J connectivity index is 1.65. The number of rotatable bonds is 4. The number of carbonyl (C=O) groups excluding carboxylic acids is 1. The minimum Gasteiger partial charge on any atom is -0.469 e. The highest BCUT2D eigenvalue weighted by molar-refractivity contribution is 7.90. The molecule has 0 saturated heterocycles. The molecule has 1 aromatic heterocycles. The summed E-state index contributed by atoms with van der Waals surface area (Å²) < 4.78 is 31.9. The zero-order valence-corrected chi connectivity index (χ0v) is 13.4. The highest BCUT2D eigenvalue weighted by Gasteiger charge is 2.25. The molecular formula is C15H17N3O4S. The van der Waals surface area contributed by atoms with E-state index in [0.717, 1.165) is 5.76 Å². The van der Waals surface area contributed by atoms with Crippen LogP contribution < -0.4 is 5.32 Å². The Hall–Kier alpha value is -2.35. The number of amides is 1. The standard InChI is InChI=1S/C15H17N3O4S/c1-11(9-13-3-2-7-22-13)16-15(19)12-4-5-14-17-23(20,21)8-6-18(14)10-12/h2-5,7,10-11H,6,8-9H2,1H3,(H,16,19)/t11-/m1/s1. The van der Waals surface area contributed by atoms with E-state index >= 15 is 0 Å². The van der Waals surface area contributed by atoms with E-state index in [1.54, 1.807) is 29.5 Å². The van der Waals surface area contributed by atoms with Gasteiger partial charge in [-0.05, 0) is 31.2 Å². The van der Waals surface area contributed by atoms with Crippen LogP contribution in [0, 0.1) is 0 Å². The Morgan fingerprint density at radius 2 is 2.30 bits per heavy atom. The first-order valence-electron chi connectivity index (χ1n) is 7.25. The number of carbonyl (C=O) groups is 1. The van der Waals surface area contributed by atoms with Crippen LogP contribution in [0.2, 0.25) is 0 Å². The van der Waals surface area contributed by atoms with Crippen LogP contribution in [0.3, 0.4) is 0 Å². The molecule has 0 unspecified atom stereocenters. The molecule has 0 spiro atoms. The fourth-order valence-corrected chi connectivity index (χ4v) is 3.39. The number of amidine groups is 1. The van der Waals surface area contributed by atoms with E-state index in [0.29, 0.717) is 24.4 Å². The fraction of sp³-hybridized carbons (Fsp3) is 0.333. The molecule has 1 N–H and O–H groups in total. The number of furan rings is 1. The number of sulfonamides is 1. The van der Waals surface area contributed by atoms with Gasteiger partial charge in [-0.3, -0.25) is 4.79 Å². The van der Waals surface area contributed by atoms with Crippen LogP contribution in [-0.4, -0.2) is 43.4 Å². The van der Waals surface area contributed by atoms with E-state index in [1.807, 2.05) is 19.1 Å². The number of nitrogens with zero attached hydrogens (tertiary/aromatic N) is 2. The van der Waals surface area contributed by atoms with Crippen molar-refractivity contribution in [1.82, 2.24) is 10.2 Å². The maximum atomic E-state index is 12.3. The minimum atomic E-state index is -3.38. The van der Waals surface area contributed by atoms with Gasteiger partial charge in [0.25, 0.3) is 15.9 Å².